The van der Waals surface area contributed by atoms with E-state index in [-0.39, 0.29) is 28.3 Å². The summed E-state index contributed by atoms with van der Waals surface area (Å²) in [6, 6.07) is 16.9. The van der Waals surface area contributed by atoms with Gasteiger partial charge in [-0.3, -0.25) is 9.59 Å². The zero-order chi connectivity index (χ0) is 36.0. The summed E-state index contributed by atoms with van der Waals surface area (Å²) in [5.74, 6) is -2.55. The fourth-order valence-electron chi connectivity index (χ4n) is 5.79. The summed E-state index contributed by atoms with van der Waals surface area (Å²) >= 11 is 0. The van der Waals surface area contributed by atoms with Crippen LogP contribution in [0.1, 0.15) is 147 Å². The largest absolute Gasteiger partial charge is 0.494 e. The van der Waals surface area contributed by atoms with Gasteiger partial charge in [-0.25, -0.2) is 9.59 Å². The van der Waals surface area contributed by atoms with Crippen molar-refractivity contribution in [1.82, 2.24) is 0 Å². The predicted molar refractivity (Wildman–Crippen MR) is 199 cm³/mol. The van der Waals surface area contributed by atoms with Gasteiger partial charge in [0.25, 0.3) is 0 Å². The van der Waals surface area contributed by atoms with E-state index < -0.39 is 24.3 Å². The molecule has 9 heteroatoms. The van der Waals surface area contributed by atoms with E-state index in [0.29, 0.717) is 23.6 Å². The Bertz CT molecular complexity index is 1490. The number of carbonyl (C=O) groups is 4. The van der Waals surface area contributed by atoms with E-state index in [1.165, 1.54) is 132 Å². The molecule has 0 spiro atoms. The Morgan fingerprint density at radius 2 is 1.08 bits per heavy atom. The lowest BCUT2D eigenvalue weighted by Gasteiger charge is -2.12. The smallest absolute Gasteiger partial charge is 0.337 e. The molecule has 0 radical (unpaired) electrons. The van der Waals surface area contributed by atoms with E-state index in [4.69, 9.17) is 9.84 Å². The number of carbonyl (C=O) groups excluding carboxylic acids is 2. The number of unbranched alkanes of at least 4 members (excludes halogenated alkanes) is 15. The molecule has 0 heterocycles. The van der Waals surface area contributed by atoms with Crippen LogP contribution in [0.4, 0.5) is 17.1 Å². The first-order valence-corrected chi connectivity index (χ1v) is 18.3. The molecule has 270 valence electrons. The molecule has 0 atom stereocenters. The quantitative estimate of drug-likeness (QED) is 0.0371. The topological polar surface area (TPSA) is 142 Å². The van der Waals surface area contributed by atoms with Gasteiger partial charge in [-0.05, 0) is 73.2 Å². The number of ketones is 1. The van der Waals surface area contributed by atoms with Crippen LogP contribution < -0.4 is 15.4 Å². The van der Waals surface area contributed by atoms with Crippen molar-refractivity contribution in [3.05, 3.63) is 83.4 Å². The van der Waals surface area contributed by atoms with Gasteiger partial charge in [-0.1, -0.05) is 103 Å². The van der Waals surface area contributed by atoms with Crippen molar-refractivity contribution < 1.29 is 34.1 Å². The highest BCUT2D eigenvalue weighted by Gasteiger charge is 2.16. The fourth-order valence-corrected chi connectivity index (χ4v) is 5.79. The summed E-state index contributed by atoms with van der Waals surface area (Å²) in [5, 5.41) is 24.3. The van der Waals surface area contributed by atoms with Crippen LogP contribution in [0, 0.1) is 0 Å². The minimum Gasteiger partial charge on any atom is -0.494 e. The lowest BCUT2D eigenvalue weighted by molar-refractivity contribution is -0.115. The molecule has 0 aliphatic carbocycles. The summed E-state index contributed by atoms with van der Waals surface area (Å²) in [6.45, 7) is 2.89. The van der Waals surface area contributed by atoms with Gasteiger partial charge >= 0.3 is 11.9 Å². The van der Waals surface area contributed by atoms with Crippen molar-refractivity contribution >= 4 is 40.7 Å². The molecule has 0 saturated carbocycles. The van der Waals surface area contributed by atoms with Gasteiger partial charge in [0.2, 0.25) is 5.91 Å². The van der Waals surface area contributed by atoms with Gasteiger partial charge < -0.3 is 25.6 Å². The predicted octanol–water partition coefficient (Wildman–Crippen LogP) is 10.7. The Morgan fingerprint density at radius 3 is 1.60 bits per heavy atom. The van der Waals surface area contributed by atoms with Gasteiger partial charge in [0.1, 0.15) is 5.75 Å². The molecule has 0 saturated heterocycles. The number of aromatic carboxylic acids is 2. The number of anilines is 3. The molecule has 4 N–H and O–H groups in total. The van der Waals surface area contributed by atoms with E-state index in [1.54, 1.807) is 24.3 Å². The van der Waals surface area contributed by atoms with Gasteiger partial charge in [0.15, 0.2) is 5.78 Å². The molecular formula is C41H54N2O7. The maximum absolute atomic E-state index is 12.7. The van der Waals surface area contributed by atoms with Crippen molar-refractivity contribution in [2.75, 3.05) is 17.2 Å². The van der Waals surface area contributed by atoms with Crippen molar-refractivity contribution in [3.8, 4) is 5.75 Å². The maximum atomic E-state index is 12.7. The molecule has 0 bridgehead atoms. The average Bonchev–Trinajstić information content (AvgIpc) is 3.10. The number of nitrogens with one attached hydrogen (secondary N) is 2. The number of ether oxygens (including phenoxy) is 1. The second-order valence-electron chi connectivity index (χ2n) is 12.9. The molecule has 1 amide bonds. The number of hydrogen-bond donors (Lipinski definition) is 4. The van der Waals surface area contributed by atoms with Gasteiger partial charge in [-0.2, -0.15) is 0 Å². The third-order valence-corrected chi connectivity index (χ3v) is 8.71. The SMILES string of the molecule is CCCCCCCCCCCCCCCCCCOc1ccc(C(=O)CC(=O)Nc2ccc(Nc3ccc(C(=O)O)cc3)c(C(=O)O)c2)cc1. The fraction of sp³-hybridized carbons (Fsp3) is 0.463. The maximum Gasteiger partial charge on any atom is 0.337 e. The number of rotatable bonds is 26. The molecule has 0 unspecified atom stereocenters. The van der Waals surface area contributed by atoms with Gasteiger partial charge in [0.05, 0.1) is 29.8 Å². The Kier molecular flexibility index (Phi) is 18.2. The number of benzene rings is 3. The van der Waals surface area contributed by atoms with Crippen LogP contribution in [-0.4, -0.2) is 40.4 Å². The third-order valence-electron chi connectivity index (χ3n) is 8.71. The summed E-state index contributed by atoms with van der Waals surface area (Å²) in [5.41, 5.74) is 1.36. The van der Waals surface area contributed by atoms with E-state index in [0.717, 1.165) is 12.8 Å². The zero-order valence-electron chi connectivity index (χ0n) is 29.5. The number of hydrogen-bond acceptors (Lipinski definition) is 6. The molecule has 50 heavy (non-hydrogen) atoms. The molecule has 3 aromatic carbocycles. The first-order valence-electron chi connectivity index (χ1n) is 18.3. The van der Waals surface area contributed by atoms with E-state index in [9.17, 15) is 24.3 Å². The molecule has 3 rings (SSSR count). The van der Waals surface area contributed by atoms with Crippen LogP contribution in [-0.2, 0) is 4.79 Å². The second-order valence-corrected chi connectivity index (χ2v) is 12.9. The Hall–Kier alpha value is -4.66. The molecule has 0 fully saturated rings. The van der Waals surface area contributed by atoms with Crippen molar-refractivity contribution in [2.24, 2.45) is 0 Å². The number of amides is 1. The van der Waals surface area contributed by atoms with Crippen LogP contribution in [0.25, 0.3) is 0 Å². The lowest BCUT2D eigenvalue weighted by Crippen LogP contribution is -2.17. The summed E-state index contributed by atoms with van der Waals surface area (Å²) < 4.78 is 5.84. The van der Waals surface area contributed by atoms with E-state index in [1.807, 2.05) is 0 Å². The molecule has 0 aliphatic rings. The number of carboxylic acid groups (broad SMARTS) is 2. The monoisotopic (exact) mass is 686 g/mol. The lowest BCUT2D eigenvalue weighted by atomic mass is 10.0. The molecule has 0 aliphatic heterocycles. The second kappa shape index (κ2) is 22.9. The zero-order valence-corrected chi connectivity index (χ0v) is 29.5. The molecule has 3 aromatic rings. The van der Waals surface area contributed by atoms with E-state index in [2.05, 4.69) is 17.6 Å². The highest BCUT2D eigenvalue weighted by Crippen LogP contribution is 2.25. The third kappa shape index (κ3) is 15.3. The van der Waals surface area contributed by atoms with Gasteiger partial charge in [0, 0.05) is 16.9 Å². The van der Waals surface area contributed by atoms with Crippen LogP contribution in [0.15, 0.2) is 66.7 Å². The summed E-state index contributed by atoms with van der Waals surface area (Å²) in [6.07, 6.45) is 20.7. The summed E-state index contributed by atoms with van der Waals surface area (Å²) in [4.78, 5) is 48.3. The van der Waals surface area contributed by atoms with Crippen LogP contribution in [0.5, 0.6) is 5.75 Å². The number of carboxylic acids is 2. The average molecular weight is 687 g/mol. The van der Waals surface area contributed by atoms with Crippen molar-refractivity contribution in [1.29, 1.82) is 0 Å². The first-order chi connectivity index (χ1) is 24.3. The molecule has 9 nitrogen and oxygen atoms in total. The summed E-state index contributed by atoms with van der Waals surface area (Å²) in [7, 11) is 0. The Balaban J connectivity index is 1.29. The number of Topliss-reactive ketones (excluding diaryl/α,β-unsaturated/α-hetero) is 1. The normalized spacial score (nSPS) is 10.8. The standard InChI is InChI=1S/C41H54N2O7/c1-2-3-4-5-6-7-8-9-10-11-12-13-14-15-16-17-28-50-35-25-20-31(21-26-35)38(44)30-39(45)43-34-24-27-37(36(29-34)41(48)49)42-33-22-18-32(19-23-33)40(46)47/h18-27,29,42H,2-17,28,30H2,1H3,(H,43,45)(H,46,47)(H,48,49). The Labute approximate surface area is 296 Å². The minimum atomic E-state index is -1.22. The molecular weight excluding hydrogens is 632 g/mol. The van der Waals surface area contributed by atoms with Gasteiger partial charge in [-0.15, -0.1) is 0 Å². The van der Waals surface area contributed by atoms with Crippen LogP contribution in [0.2, 0.25) is 0 Å². The van der Waals surface area contributed by atoms with Crippen LogP contribution >= 0.6 is 0 Å². The highest BCUT2D eigenvalue weighted by molar-refractivity contribution is 6.11. The molecule has 0 aromatic heterocycles. The highest BCUT2D eigenvalue weighted by atomic mass is 16.5. The minimum absolute atomic E-state index is 0.103. The first kappa shape index (κ1) is 39.8. The van der Waals surface area contributed by atoms with Crippen molar-refractivity contribution in [3.63, 3.8) is 0 Å². The van der Waals surface area contributed by atoms with Crippen LogP contribution in [0.3, 0.4) is 0 Å². The Morgan fingerprint density at radius 1 is 0.580 bits per heavy atom. The van der Waals surface area contributed by atoms with Crippen molar-refractivity contribution in [2.45, 2.75) is 116 Å². The van der Waals surface area contributed by atoms with E-state index >= 15 is 0 Å².